The number of ether oxygens (including phenoxy) is 2. The van der Waals surface area contributed by atoms with Crippen LogP contribution < -0.4 is 10.1 Å². The average Bonchev–Trinajstić information content (AvgIpc) is 2.48. The van der Waals surface area contributed by atoms with Gasteiger partial charge in [-0.25, -0.2) is 0 Å². The van der Waals surface area contributed by atoms with Crippen molar-refractivity contribution in [2.24, 2.45) is 0 Å². The first-order valence-electron chi connectivity index (χ1n) is 6.15. The second-order valence-electron chi connectivity index (χ2n) is 4.49. The molecule has 0 saturated carbocycles. The zero-order valence-corrected chi connectivity index (χ0v) is 10.8. The second-order valence-corrected chi connectivity index (χ2v) is 4.49. The van der Waals surface area contributed by atoms with Gasteiger partial charge in [-0.1, -0.05) is 0 Å². The van der Waals surface area contributed by atoms with Gasteiger partial charge >= 0.3 is 0 Å². The van der Waals surface area contributed by atoms with Crippen LogP contribution in [0.2, 0.25) is 0 Å². The number of benzene rings is 1. The normalized spacial score (nSPS) is 17.3. The number of methoxy groups -OCH3 is 1. The van der Waals surface area contributed by atoms with Crippen LogP contribution in [0.4, 0.5) is 0 Å². The number of carbonyl (C=O) groups is 1. The fourth-order valence-electron chi connectivity index (χ4n) is 2.02. The molecule has 5 nitrogen and oxygen atoms in total. The van der Waals surface area contributed by atoms with Crippen molar-refractivity contribution in [1.29, 1.82) is 5.26 Å². The molecule has 0 aliphatic carbocycles. The summed E-state index contributed by atoms with van der Waals surface area (Å²) in [5, 5.41) is 12.1. The Morgan fingerprint density at radius 2 is 2.00 bits per heavy atom. The van der Waals surface area contributed by atoms with Crippen molar-refractivity contribution in [3.63, 3.8) is 0 Å². The number of rotatable bonds is 3. The zero-order valence-electron chi connectivity index (χ0n) is 10.8. The number of hydrogen-bond acceptors (Lipinski definition) is 4. The highest BCUT2D eigenvalue weighted by Crippen LogP contribution is 2.21. The molecule has 1 N–H and O–H groups in total. The summed E-state index contributed by atoms with van der Waals surface area (Å²) < 4.78 is 10.3. The molecule has 2 rings (SSSR count). The molecule has 1 amide bonds. The van der Waals surface area contributed by atoms with Gasteiger partial charge < -0.3 is 14.8 Å². The lowest BCUT2D eigenvalue weighted by atomic mass is 9.91. The Kier molecular flexibility index (Phi) is 4.03. The quantitative estimate of drug-likeness (QED) is 0.894. The van der Waals surface area contributed by atoms with E-state index in [0.717, 1.165) is 0 Å². The summed E-state index contributed by atoms with van der Waals surface area (Å²) in [5.74, 6) is 0.448. The van der Waals surface area contributed by atoms with E-state index >= 15 is 0 Å². The van der Waals surface area contributed by atoms with E-state index in [2.05, 4.69) is 11.4 Å². The van der Waals surface area contributed by atoms with Crippen molar-refractivity contribution in [1.82, 2.24) is 5.32 Å². The third-order valence-corrected chi connectivity index (χ3v) is 3.27. The van der Waals surface area contributed by atoms with Crippen LogP contribution in [0.5, 0.6) is 5.75 Å². The molecule has 0 aromatic heterocycles. The topological polar surface area (TPSA) is 71.3 Å². The molecule has 1 aromatic rings. The molecule has 1 saturated heterocycles. The lowest BCUT2D eigenvalue weighted by Gasteiger charge is -2.31. The first-order chi connectivity index (χ1) is 9.19. The van der Waals surface area contributed by atoms with Gasteiger partial charge in [0.05, 0.1) is 13.2 Å². The van der Waals surface area contributed by atoms with Crippen LogP contribution >= 0.6 is 0 Å². The van der Waals surface area contributed by atoms with E-state index in [1.165, 1.54) is 0 Å². The van der Waals surface area contributed by atoms with Crippen molar-refractivity contribution >= 4 is 5.91 Å². The molecule has 5 heteroatoms. The molecule has 1 heterocycles. The maximum atomic E-state index is 12.1. The molecular formula is C14H16N2O3. The molecular weight excluding hydrogens is 244 g/mol. The average molecular weight is 260 g/mol. The van der Waals surface area contributed by atoms with Gasteiger partial charge in [0.1, 0.15) is 11.3 Å². The summed E-state index contributed by atoms with van der Waals surface area (Å²) >= 11 is 0. The molecule has 0 atom stereocenters. The SMILES string of the molecule is COc1ccc(C(=O)NC2(C#N)CCOCC2)cc1. The molecule has 100 valence electrons. The maximum absolute atomic E-state index is 12.1. The standard InChI is InChI=1S/C14H16N2O3/c1-18-12-4-2-11(3-5-12)13(17)16-14(10-15)6-8-19-9-7-14/h2-5H,6-9H2,1H3,(H,16,17). The summed E-state index contributed by atoms with van der Waals surface area (Å²) in [6.45, 7) is 0.993. The highest BCUT2D eigenvalue weighted by Gasteiger charge is 2.34. The van der Waals surface area contributed by atoms with Crippen molar-refractivity contribution in [2.75, 3.05) is 20.3 Å². The van der Waals surface area contributed by atoms with Gasteiger partial charge in [-0.05, 0) is 24.3 Å². The number of nitrogens with zero attached hydrogens (tertiary/aromatic N) is 1. The van der Waals surface area contributed by atoms with E-state index in [0.29, 0.717) is 37.4 Å². The van der Waals surface area contributed by atoms with Gasteiger partial charge in [-0.2, -0.15) is 5.26 Å². The second kappa shape index (κ2) is 5.72. The highest BCUT2D eigenvalue weighted by atomic mass is 16.5. The predicted molar refractivity (Wildman–Crippen MR) is 68.9 cm³/mol. The smallest absolute Gasteiger partial charge is 0.252 e. The lowest BCUT2D eigenvalue weighted by Crippen LogP contribution is -2.50. The minimum absolute atomic E-state index is 0.244. The molecule has 0 spiro atoms. The Balaban J connectivity index is 2.08. The summed E-state index contributed by atoms with van der Waals surface area (Å²) in [4.78, 5) is 12.1. The van der Waals surface area contributed by atoms with Crippen molar-refractivity contribution in [3.05, 3.63) is 29.8 Å². The molecule has 1 fully saturated rings. The van der Waals surface area contributed by atoms with Crippen LogP contribution in [-0.2, 0) is 4.74 Å². The number of hydrogen-bond donors (Lipinski definition) is 1. The molecule has 0 unspecified atom stereocenters. The summed E-state index contributed by atoms with van der Waals surface area (Å²) in [5.41, 5.74) is -0.295. The van der Waals surface area contributed by atoms with E-state index < -0.39 is 5.54 Å². The van der Waals surface area contributed by atoms with Gasteiger partial charge in [0.25, 0.3) is 5.91 Å². The Bertz CT molecular complexity index is 484. The van der Waals surface area contributed by atoms with Crippen molar-refractivity contribution < 1.29 is 14.3 Å². The Morgan fingerprint density at radius 3 is 2.53 bits per heavy atom. The minimum Gasteiger partial charge on any atom is -0.497 e. The van der Waals surface area contributed by atoms with Gasteiger partial charge in [-0.15, -0.1) is 0 Å². The number of amides is 1. The van der Waals surface area contributed by atoms with Gasteiger partial charge in [0, 0.05) is 31.6 Å². The Labute approximate surface area is 112 Å². The van der Waals surface area contributed by atoms with E-state index in [-0.39, 0.29) is 5.91 Å². The predicted octanol–water partition coefficient (Wildman–Crippen LogP) is 1.50. The van der Waals surface area contributed by atoms with Crippen molar-refractivity contribution in [2.45, 2.75) is 18.4 Å². The van der Waals surface area contributed by atoms with Crippen LogP contribution in [0.15, 0.2) is 24.3 Å². The lowest BCUT2D eigenvalue weighted by molar-refractivity contribution is 0.0531. The fraction of sp³-hybridized carbons (Fsp3) is 0.429. The molecule has 1 aliphatic rings. The maximum Gasteiger partial charge on any atom is 0.252 e. The van der Waals surface area contributed by atoms with Crippen LogP contribution in [0.3, 0.4) is 0 Å². The highest BCUT2D eigenvalue weighted by molar-refractivity contribution is 5.95. The van der Waals surface area contributed by atoms with E-state index in [9.17, 15) is 10.1 Å². The summed E-state index contributed by atoms with van der Waals surface area (Å²) in [6, 6.07) is 9.00. The monoisotopic (exact) mass is 260 g/mol. The Morgan fingerprint density at radius 1 is 1.37 bits per heavy atom. The number of nitriles is 1. The Hall–Kier alpha value is -2.06. The van der Waals surface area contributed by atoms with E-state index in [4.69, 9.17) is 9.47 Å². The molecule has 0 bridgehead atoms. The molecule has 0 radical (unpaired) electrons. The van der Waals surface area contributed by atoms with Crippen LogP contribution in [0.1, 0.15) is 23.2 Å². The first-order valence-corrected chi connectivity index (χ1v) is 6.15. The molecule has 19 heavy (non-hydrogen) atoms. The van der Waals surface area contributed by atoms with E-state index in [1.54, 1.807) is 31.4 Å². The van der Waals surface area contributed by atoms with Gasteiger partial charge in [0.2, 0.25) is 0 Å². The number of nitrogens with one attached hydrogen (secondary N) is 1. The first kappa shape index (κ1) is 13.4. The third-order valence-electron chi connectivity index (χ3n) is 3.27. The van der Waals surface area contributed by atoms with Gasteiger partial charge in [0.15, 0.2) is 0 Å². The van der Waals surface area contributed by atoms with E-state index in [1.807, 2.05) is 0 Å². The van der Waals surface area contributed by atoms with Crippen molar-refractivity contribution in [3.8, 4) is 11.8 Å². The van der Waals surface area contributed by atoms with Crippen LogP contribution in [0.25, 0.3) is 0 Å². The van der Waals surface area contributed by atoms with Crippen LogP contribution in [0, 0.1) is 11.3 Å². The molecule has 1 aliphatic heterocycles. The van der Waals surface area contributed by atoms with Crippen LogP contribution in [-0.4, -0.2) is 31.8 Å². The zero-order chi connectivity index (χ0) is 13.7. The largest absolute Gasteiger partial charge is 0.497 e. The summed E-state index contributed by atoms with van der Waals surface area (Å²) in [6.07, 6.45) is 1.04. The fourth-order valence-corrected chi connectivity index (χ4v) is 2.02. The third kappa shape index (κ3) is 3.04. The van der Waals surface area contributed by atoms with Gasteiger partial charge in [-0.3, -0.25) is 4.79 Å². The summed E-state index contributed by atoms with van der Waals surface area (Å²) in [7, 11) is 1.57. The molecule has 1 aromatic carbocycles. The number of carbonyl (C=O) groups excluding carboxylic acids is 1. The minimum atomic E-state index is -0.810.